The first-order valence-corrected chi connectivity index (χ1v) is 6.60. The molecule has 2 aromatic rings. The van der Waals surface area contributed by atoms with E-state index >= 15 is 0 Å². The van der Waals surface area contributed by atoms with Crippen molar-refractivity contribution in [1.82, 2.24) is 0 Å². The smallest absolute Gasteiger partial charge is 0.273 e. The van der Waals surface area contributed by atoms with Crippen molar-refractivity contribution in [2.75, 3.05) is 0 Å². The molecular formula is C16H12N2O5. The zero-order chi connectivity index (χ0) is 17.0. The molecule has 23 heavy (non-hydrogen) atoms. The first kappa shape index (κ1) is 16.0. The van der Waals surface area contributed by atoms with Crippen LogP contribution >= 0.6 is 0 Å². The van der Waals surface area contributed by atoms with Gasteiger partial charge >= 0.3 is 0 Å². The molecule has 0 saturated carbocycles. The van der Waals surface area contributed by atoms with Crippen molar-refractivity contribution in [1.29, 1.82) is 0 Å². The molecule has 116 valence electrons. The van der Waals surface area contributed by atoms with Crippen molar-refractivity contribution < 1.29 is 14.6 Å². The molecule has 7 heteroatoms. The van der Waals surface area contributed by atoms with E-state index in [1.54, 1.807) is 6.92 Å². The van der Waals surface area contributed by atoms with E-state index in [1.807, 2.05) is 0 Å². The first-order chi connectivity index (χ1) is 10.9. The molecule has 0 heterocycles. The lowest BCUT2D eigenvalue weighted by Crippen LogP contribution is -1.98. The van der Waals surface area contributed by atoms with Gasteiger partial charge in [0, 0.05) is 29.3 Å². The van der Waals surface area contributed by atoms with Gasteiger partial charge in [0.25, 0.3) is 11.4 Å². The molecule has 0 saturated heterocycles. The Hall–Kier alpha value is -3.35. The average molecular weight is 312 g/mol. The molecule has 0 aromatic heterocycles. The molecule has 0 bridgehead atoms. The van der Waals surface area contributed by atoms with Crippen LogP contribution in [0, 0.1) is 27.2 Å². The van der Waals surface area contributed by atoms with Crippen LogP contribution in [0.1, 0.15) is 21.5 Å². The maximum absolute atomic E-state index is 12.1. The van der Waals surface area contributed by atoms with Gasteiger partial charge in [0.2, 0.25) is 0 Å². The molecule has 0 unspecified atom stereocenters. The predicted octanol–water partition coefficient (Wildman–Crippen LogP) is 3.71. The molecule has 0 aliphatic heterocycles. The van der Waals surface area contributed by atoms with Crippen molar-refractivity contribution in [3.63, 3.8) is 0 Å². The van der Waals surface area contributed by atoms with Crippen molar-refractivity contribution in [3.05, 3.63) is 85.5 Å². The number of hydrogen-bond acceptors (Lipinski definition) is 5. The summed E-state index contributed by atoms with van der Waals surface area (Å²) < 4.78 is 0. The highest BCUT2D eigenvalue weighted by atomic mass is 16.6. The minimum atomic E-state index is -0.536. The molecule has 0 fully saturated rings. The molecule has 0 N–H and O–H groups in total. The lowest BCUT2D eigenvalue weighted by molar-refractivity contribution is -0.385. The highest BCUT2D eigenvalue weighted by molar-refractivity contribution is 6.07. The Bertz CT molecular complexity index is 810. The Morgan fingerprint density at radius 2 is 1.65 bits per heavy atom. The van der Waals surface area contributed by atoms with Crippen LogP contribution in [-0.4, -0.2) is 15.6 Å². The van der Waals surface area contributed by atoms with Crippen LogP contribution in [-0.2, 0) is 0 Å². The molecule has 0 aliphatic rings. The van der Waals surface area contributed by atoms with Crippen molar-refractivity contribution in [2.45, 2.75) is 6.92 Å². The van der Waals surface area contributed by atoms with E-state index in [2.05, 4.69) is 0 Å². The third-order valence-corrected chi connectivity index (χ3v) is 3.22. The van der Waals surface area contributed by atoms with Crippen molar-refractivity contribution >= 4 is 23.2 Å². The maximum Gasteiger partial charge on any atom is 0.273 e. The summed E-state index contributed by atoms with van der Waals surface area (Å²) in [5, 5.41) is 21.4. The van der Waals surface area contributed by atoms with Gasteiger partial charge in [-0.05, 0) is 30.7 Å². The summed E-state index contributed by atoms with van der Waals surface area (Å²) >= 11 is 0. The number of allylic oxidation sites excluding steroid dienone is 1. The number of nitro groups is 2. The van der Waals surface area contributed by atoms with Crippen LogP contribution in [0.15, 0.2) is 48.5 Å². The minimum Gasteiger partial charge on any atom is -0.289 e. The molecule has 0 amide bonds. The number of carbonyl (C=O) groups is 1. The summed E-state index contributed by atoms with van der Waals surface area (Å²) in [6.07, 6.45) is 2.77. The van der Waals surface area contributed by atoms with Gasteiger partial charge in [-0.15, -0.1) is 0 Å². The topological polar surface area (TPSA) is 103 Å². The molecular weight excluding hydrogens is 300 g/mol. The van der Waals surface area contributed by atoms with Crippen LogP contribution in [0.3, 0.4) is 0 Å². The third-order valence-electron chi connectivity index (χ3n) is 3.22. The number of nitrogens with zero attached hydrogens (tertiary/aromatic N) is 2. The van der Waals surface area contributed by atoms with E-state index in [-0.39, 0.29) is 22.7 Å². The quantitative estimate of drug-likeness (QED) is 0.362. The van der Waals surface area contributed by atoms with Gasteiger partial charge in [0.1, 0.15) is 0 Å². The highest BCUT2D eigenvalue weighted by Crippen LogP contribution is 2.20. The van der Waals surface area contributed by atoms with Gasteiger partial charge in [-0.25, -0.2) is 0 Å². The second kappa shape index (κ2) is 6.61. The summed E-state index contributed by atoms with van der Waals surface area (Å²) in [7, 11) is 0. The van der Waals surface area contributed by atoms with Crippen LogP contribution in [0.2, 0.25) is 0 Å². The summed E-state index contributed by atoms with van der Waals surface area (Å²) in [6, 6.07) is 9.97. The SMILES string of the molecule is Cc1ccc(C(=O)/C=C/c2ccc([N+](=O)[O-])cc2)cc1[N+](=O)[O-]. The lowest BCUT2D eigenvalue weighted by atomic mass is 10.1. The summed E-state index contributed by atoms with van der Waals surface area (Å²) in [5.74, 6) is -0.383. The van der Waals surface area contributed by atoms with E-state index < -0.39 is 9.85 Å². The van der Waals surface area contributed by atoms with Crippen LogP contribution < -0.4 is 0 Å². The average Bonchev–Trinajstić information content (AvgIpc) is 2.53. The Morgan fingerprint density at radius 3 is 2.22 bits per heavy atom. The van der Waals surface area contributed by atoms with Gasteiger partial charge in [0.05, 0.1) is 9.85 Å². The molecule has 2 rings (SSSR count). The second-order valence-electron chi connectivity index (χ2n) is 4.80. The van der Waals surface area contributed by atoms with Gasteiger partial charge in [-0.1, -0.05) is 18.2 Å². The minimum absolute atomic E-state index is 0.0392. The first-order valence-electron chi connectivity index (χ1n) is 6.60. The fourth-order valence-corrected chi connectivity index (χ4v) is 1.93. The zero-order valence-electron chi connectivity index (χ0n) is 12.1. The van der Waals surface area contributed by atoms with Crippen molar-refractivity contribution in [2.24, 2.45) is 0 Å². The largest absolute Gasteiger partial charge is 0.289 e. The third kappa shape index (κ3) is 3.85. The van der Waals surface area contributed by atoms with E-state index in [1.165, 1.54) is 54.6 Å². The highest BCUT2D eigenvalue weighted by Gasteiger charge is 2.13. The van der Waals surface area contributed by atoms with Gasteiger partial charge < -0.3 is 0 Å². The van der Waals surface area contributed by atoms with E-state index in [9.17, 15) is 25.0 Å². The zero-order valence-corrected chi connectivity index (χ0v) is 12.1. The summed E-state index contributed by atoms with van der Waals surface area (Å²) in [5.41, 5.74) is 1.15. The Morgan fingerprint density at radius 1 is 1.00 bits per heavy atom. The van der Waals surface area contributed by atoms with Gasteiger partial charge in [0.15, 0.2) is 5.78 Å². The van der Waals surface area contributed by atoms with Crippen LogP contribution in [0.5, 0.6) is 0 Å². The normalized spacial score (nSPS) is 10.7. The van der Waals surface area contributed by atoms with Crippen LogP contribution in [0.4, 0.5) is 11.4 Å². The van der Waals surface area contributed by atoms with Gasteiger partial charge in [-0.3, -0.25) is 25.0 Å². The molecule has 0 radical (unpaired) electrons. The molecule has 2 aromatic carbocycles. The second-order valence-corrected chi connectivity index (χ2v) is 4.80. The number of carbonyl (C=O) groups excluding carboxylic acids is 1. The number of nitro benzene ring substituents is 2. The Kier molecular flexibility index (Phi) is 4.61. The molecule has 7 nitrogen and oxygen atoms in total. The summed E-state index contributed by atoms with van der Waals surface area (Å²) in [6.45, 7) is 1.60. The molecule has 0 spiro atoms. The monoisotopic (exact) mass is 312 g/mol. The lowest BCUT2D eigenvalue weighted by Gasteiger charge is -2.00. The summed E-state index contributed by atoms with van der Waals surface area (Å²) in [4.78, 5) is 32.5. The number of aryl methyl sites for hydroxylation is 1. The Labute approximate surface area is 131 Å². The molecule has 0 aliphatic carbocycles. The van der Waals surface area contributed by atoms with E-state index in [0.29, 0.717) is 11.1 Å². The maximum atomic E-state index is 12.1. The fourth-order valence-electron chi connectivity index (χ4n) is 1.93. The number of benzene rings is 2. The number of ketones is 1. The van der Waals surface area contributed by atoms with E-state index in [0.717, 1.165) is 0 Å². The fraction of sp³-hybridized carbons (Fsp3) is 0.0625. The van der Waals surface area contributed by atoms with Gasteiger partial charge in [-0.2, -0.15) is 0 Å². The number of rotatable bonds is 5. The number of non-ortho nitro benzene ring substituents is 1. The predicted molar refractivity (Wildman–Crippen MR) is 84.3 cm³/mol. The number of hydrogen-bond donors (Lipinski definition) is 0. The Balaban J connectivity index is 2.19. The van der Waals surface area contributed by atoms with Crippen molar-refractivity contribution in [3.8, 4) is 0 Å². The van der Waals surface area contributed by atoms with Crippen LogP contribution in [0.25, 0.3) is 6.08 Å². The molecule has 0 atom stereocenters. The standard InChI is InChI=1S/C16H12N2O5/c1-11-2-6-13(10-15(11)18(22)23)16(19)9-5-12-3-7-14(8-4-12)17(20)21/h2-10H,1H3/b9-5+. The van der Waals surface area contributed by atoms with E-state index in [4.69, 9.17) is 0 Å².